The molecule has 1 aromatic rings. The van der Waals surface area contributed by atoms with Crippen LogP contribution < -0.4 is 10.5 Å². The second-order valence-corrected chi connectivity index (χ2v) is 4.76. The second-order valence-electron chi connectivity index (χ2n) is 2.74. The van der Waals surface area contributed by atoms with Crippen molar-refractivity contribution in [3.05, 3.63) is 24.0 Å². The fraction of sp³-hybridized carbons (Fsp3) is 0.250. The van der Waals surface area contributed by atoms with Gasteiger partial charge in [0.1, 0.15) is 5.82 Å². The van der Waals surface area contributed by atoms with Crippen LogP contribution >= 0.6 is 0 Å². The molecule has 0 radical (unpaired) electrons. The minimum atomic E-state index is -3.44. The van der Waals surface area contributed by atoms with Gasteiger partial charge in [-0.1, -0.05) is 0 Å². The zero-order valence-electron chi connectivity index (χ0n) is 7.62. The highest BCUT2D eigenvalue weighted by atomic mass is 32.2. The molecule has 6 heteroatoms. The van der Waals surface area contributed by atoms with Crippen LogP contribution in [0.1, 0.15) is 6.92 Å². The molecule has 0 aromatic heterocycles. The molecule has 0 aliphatic carbocycles. The van der Waals surface area contributed by atoms with Gasteiger partial charge in [-0.05, 0) is 25.1 Å². The van der Waals surface area contributed by atoms with Gasteiger partial charge < -0.3 is 5.73 Å². The van der Waals surface area contributed by atoms with Gasteiger partial charge >= 0.3 is 0 Å². The lowest BCUT2D eigenvalue weighted by Gasteiger charge is -2.06. The normalized spacial score (nSPS) is 11.3. The Morgan fingerprint density at radius 2 is 2.14 bits per heavy atom. The first kappa shape index (κ1) is 10.8. The summed E-state index contributed by atoms with van der Waals surface area (Å²) in [5.41, 5.74) is 5.48. The molecular formula is C8H11FN2O2S. The van der Waals surface area contributed by atoms with Crippen molar-refractivity contribution in [2.75, 3.05) is 16.2 Å². The third-order valence-electron chi connectivity index (χ3n) is 1.64. The molecule has 0 amide bonds. The Hall–Kier alpha value is -1.30. The van der Waals surface area contributed by atoms with Crippen molar-refractivity contribution >= 4 is 21.4 Å². The van der Waals surface area contributed by atoms with Crippen LogP contribution in [0.15, 0.2) is 18.2 Å². The zero-order valence-corrected chi connectivity index (χ0v) is 8.44. The Balaban J connectivity index is 2.99. The summed E-state index contributed by atoms with van der Waals surface area (Å²) in [6.07, 6.45) is 0. The number of hydrogen-bond donors (Lipinski definition) is 2. The molecular weight excluding hydrogens is 207 g/mol. The minimum absolute atomic E-state index is 0.0824. The molecule has 0 spiro atoms. The highest BCUT2D eigenvalue weighted by molar-refractivity contribution is 7.92. The first-order chi connectivity index (χ1) is 6.44. The van der Waals surface area contributed by atoms with Gasteiger partial charge in [0.2, 0.25) is 10.0 Å². The maximum absolute atomic E-state index is 13.1. The summed E-state index contributed by atoms with van der Waals surface area (Å²) >= 11 is 0. The third kappa shape index (κ3) is 2.59. The van der Waals surface area contributed by atoms with Crippen molar-refractivity contribution in [2.45, 2.75) is 6.92 Å². The molecule has 0 aliphatic rings. The van der Waals surface area contributed by atoms with Crippen molar-refractivity contribution in [1.82, 2.24) is 0 Å². The van der Waals surface area contributed by atoms with Gasteiger partial charge in [-0.3, -0.25) is 4.72 Å². The molecule has 1 aromatic carbocycles. The van der Waals surface area contributed by atoms with E-state index in [-0.39, 0.29) is 17.1 Å². The van der Waals surface area contributed by atoms with Crippen LogP contribution in [0.25, 0.3) is 0 Å². The SMILES string of the molecule is CCS(=O)(=O)Nc1ccc(N)cc1F. The number of nitrogens with one attached hydrogen (secondary N) is 1. The van der Waals surface area contributed by atoms with E-state index in [1.807, 2.05) is 0 Å². The summed E-state index contributed by atoms with van der Waals surface area (Å²) in [7, 11) is -3.44. The molecule has 0 heterocycles. The summed E-state index contributed by atoms with van der Waals surface area (Å²) < 4.78 is 37.4. The lowest BCUT2D eigenvalue weighted by atomic mass is 10.3. The number of rotatable bonds is 3. The van der Waals surface area contributed by atoms with Gasteiger partial charge in [0.15, 0.2) is 0 Å². The molecule has 1 rings (SSSR count). The Kier molecular flexibility index (Phi) is 2.95. The van der Waals surface area contributed by atoms with Gasteiger partial charge in [-0.15, -0.1) is 0 Å². The monoisotopic (exact) mass is 218 g/mol. The number of halogens is 1. The van der Waals surface area contributed by atoms with E-state index in [0.717, 1.165) is 6.07 Å². The molecule has 0 saturated heterocycles. The van der Waals surface area contributed by atoms with Gasteiger partial charge in [0, 0.05) is 5.69 Å². The molecule has 0 bridgehead atoms. The Labute approximate surface area is 82.0 Å². The van der Waals surface area contributed by atoms with E-state index >= 15 is 0 Å². The van der Waals surface area contributed by atoms with Crippen LogP contribution in [-0.4, -0.2) is 14.2 Å². The Bertz CT molecular complexity index is 431. The topological polar surface area (TPSA) is 72.2 Å². The molecule has 0 aliphatic heterocycles. The quantitative estimate of drug-likeness (QED) is 0.748. The van der Waals surface area contributed by atoms with E-state index in [1.165, 1.54) is 19.1 Å². The van der Waals surface area contributed by atoms with Crippen molar-refractivity contribution in [2.24, 2.45) is 0 Å². The van der Waals surface area contributed by atoms with Gasteiger partial charge in [-0.25, -0.2) is 12.8 Å². The molecule has 0 saturated carbocycles. The molecule has 0 atom stereocenters. The number of nitrogen functional groups attached to an aromatic ring is 1. The van der Waals surface area contributed by atoms with E-state index in [4.69, 9.17) is 5.73 Å². The number of nitrogens with two attached hydrogens (primary N) is 1. The van der Waals surface area contributed by atoms with E-state index < -0.39 is 15.8 Å². The largest absolute Gasteiger partial charge is 0.399 e. The van der Waals surface area contributed by atoms with E-state index in [0.29, 0.717) is 0 Å². The van der Waals surface area contributed by atoms with Crippen LogP contribution in [0.4, 0.5) is 15.8 Å². The summed E-state index contributed by atoms with van der Waals surface area (Å²) in [6.45, 7) is 1.47. The van der Waals surface area contributed by atoms with E-state index in [9.17, 15) is 12.8 Å². The molecule has 78 valence electrons. The molecule has 0 unspecified atom stereocenters. The number of benzene rings is 1. The predicted molar refractivity (Wildman–Crippen MR) is 53.9 cm³/mol. The lowest BCUT2D eigenvalue weighted by molar-refractivity contribution is 0.599. The smallest absolute Gasteiger partial charge is 0.232 e. The van der Waals surface area contributed by atoms with Gasteiger partial charge in [0.25, 0.3) is 0 Å². The van der Waals surface area contributed by atoms with Crippen molar-refractivity contribution < 1.29 is 12.8 Å². The predicted octanol–water partition coefficient (Wildman–Crippen LogP) is 1.17. The van der Waals surface area contributed by atoms with Crippen LogP contribution in [0.3, 0.4) is 0 Å². The zero-order chi connectivity index (χ0) is 10.8. The molecule has 3 N–H and O–H groups in total. The van der Waals surface area contributed by atoms with E-state index in [2.05, 4.69) is 4.72 Å². The average molecular weight is 218 g/mol. The Morgan fingerprint density at radius 3 is 2.64 bits per heavy atom. The summed E-state index contributed by atoms with van der Waals surface area (Å²) in [4.78, 5) is 0. The van der Waals surface area contributed by atoms with Crippen molar-refractivity contribution in [3.63, 3.8) is 0 Å². The minimum Gasteiger partial charge on any atom is -0.399 e. The summed E-state index contributed by atoms with van der Waals surface area (Å²) in [5, 5.41) is 0. The molecule has 14 heavy (non-hydrogen) atoms. The lowest BCUT2D eigenvalue weighted by Crippen LogP contribution is -2.15. The fourth-order valence-electron chi connectivity index (χ4n) is 0.854. The summed E-state index contributed by atoms with van der Waals surface area (Å²) in [6, 6.07) is 3.78. The van der Waals surface area contributed by atoms with Gasteiger partial charge in [0.05, 0.1) is 11.4 Å². The third-order valence-corrected chi connectivity index (χ3v) is 2.93. The molecule has 0 fully saturated rings. The van der Waals surface area contributed by atoms with Crippen molar-refractivity contribution in [3.8, 4) is 0 Å². The van der Waals surface area contributed by atoms with Crippen LogP contribution in [-0.2, 0) is 10.0 Å². The number of sulfonamides is 1. The maximum Gasteiger partial charge on any atom is 0.232 e. The first-order valence-electron chi connectivity index (χ1n) is 4.00. The second kappa shape index (κ2) is 3.83. The molecule has 4 nitrogen and oxygen atoms in total. The van der Waals surface area contributed by atoms with Crippen LogP contribution in [0.5, 0.6) is 0 Å². The average Bonchev–Trinajstić information content (AvgIpc) is 2.10. The fourth-order valence-corrected chi connectivity index (χ4v) is 1.50. The Morgan fingerprint density at radius 1 is 1.50 bits per heavy atom. The standard InChI is InChI=1S/C8H11FN2O2S/c1-2-14(12,13)11-8-4-3-6(10)5-7(8)9/h3-5,11H,2,10H2,1H3. The highest BCUT2D eigenvalue weighted by Gasteiger charge is 2.10. The van der Waals surface area contributed by atoms with Crippen LogP contribution in [0, 0.1) is 5.82 Å². The van der Waals surface area contributed by atoms with Gasteiger partial charge in [-0.2, -0.15) is 0 Å². The van der Waals surface area contributed by atoms with E-state index in [1.54, 1.807) is 0 Å². The van der Waals surface area contributed by atoms with Crippen LogP contribution in [0.2, 0.25) is 0 Å². The number of anilines is 2. The summed E-state index contributed by atoms with van der Waals surface area (Å²) in [5.74, 6) is -0.779. The first-order valence-corrected chi connectivity index (χ1v) is 5.65. The van der Waals surface area contributed by atoms with Crippen molar-refractivity contribution in [1.29, 1.82) is 0 Å². The number of hydrogen-bond acceptors (Lipinski definition) is 3. The highest BCUT2D eigenvalue weighted by Crippen LogP contribution is 2.17. The maximum atomic E-state index is 13.1.